The molecule has 1 amide bonds. The molecule has 0 unspecified atom stereocenters. The molecule has 2 aromatic heterocycles. The predicted molar refractivity (Wildman–Crippen MR) is 101 cm³/mol. The second kappa shape index (κ2) is 6.23. The summed E-state index contributed by atoms with van der Waals surface area (Å²) in [6.07, 6.45) is 5.30. The van der Waals surface area contributed by atoms with Gasteiger partial charge in [-0.3, -0.25) is 4.79 Å². The molecule has 3 aliphatic rings. The Morgan fingerprint density at radius 1 is 1.28 bits per heavy atom. The SMILES string of the molecule is O=C(N[C@@H]1C[C@H]2CC[C@@H]1N2)c1cc2cc(N3CCNCC3)sc2cn1. The normalized spacial score (nSPS) is 28.6. The van der Waals surface area contributed by atoms with Gasteiger partial charge >= 0.3 is 0 Å². The van der Waals surface area contributed by atoms with Gasteiger partial charge in [-0.05, 0) is 36.8 Å². The van der Waals surface area contributed by atoms with Crippen LogP contribution in [0.3, 0.4) is 0 Å². The Morgan fingerprint density at radius 3 is 2.92 bits per heavy atom. The third-order valence-corrected chi connectivity index (χ3v) is 6.82. The molecule has 3 aliphatic heterocycles. The quantitative estimate of drug-likeness (QED) is 0.773. The van der Waals surface area contributed by atoms with Crippen LogP contribution in [0.25, 0.3) is 10.1 Å². The van der Waals surface area contributed by atoms with Gasteiger partial charge in [-0.2, -0.15) is 0 Å². The molecule has 0 saturated carbocycles. The summed E-state index contributed by atoms with van der Waals surface area (Å²) >= 11 is 1.76. The molecule has 7 heteroatoms. The van der Waals surface area contributed by atoms with Gasteiger partial charge < -0.3 is 20.9 Å². The van der Waals surface area contributed by atoms with Crippen LogP contribution in [0.2, 0.25) is 0 Å². The van der Waals surface area contributed by atoms with Crippen molar-refractivity contribution >= 4 is 32.3 Å². The number of anilines is 1. The molecular weight excluding hydrogens is 334 g/mol. The van der Waals surface area contributed by atoms with E-state index in [1.807, 2.05) is 12.3 Å². The highest BCUT2D eigenvalue weighted by Gasteiger charge is 2.39. The van der Waals surface area contributed by atoms with Crippen LogP contribution in [-0.2, 0) is 0 Å². The molecule has 132 valence electrons. The topological polar surface area (TPSA) is 69.3 Å². The second-order valence-corrected chi connectivity index (χ2v) is 8.35. The Labute approximate surface area is 151 Å². The van der Waals surface area contributed by atoms with Crippen LogP contribution < -0.4 is 20.9 Å². The molecule has 3 atom stereocenters. The zero-order valence-corrected chi connectivity index (χ0v) is 14.9. The van der Waals surface area contributed by atoms with Crippen molar-refractivity contribution in [3.63, 3.8) is 0 Å². The number of aromatic nitrogens is 1. The second-order valence-electron chi connectivity index (χ2n) is 7.29. The molecule has 3 N–H and O–H groups in total. The number of nitrogens with zero attached hydrogens (tertiary/aromatic N) is 2. The number of fused-ring (bicyclic) bond motifs is 3. The lowest BCUT2D eigenvalue weighted by Crippen LogP contribution is -2.43. The molecular formula is C18H23N5OS. The minimum atomic E-state index is -0.0452. The summed E-state index contributed by atoms with van der Waals surface area (Å²) in [4.78, 5) is 19.4. The Morgan fingerprint density at radius 2 is 2.16 bits per heavy atom. The highest BCUT2D eigenvalue weighted by molar-refractivity contribution is 7.22. The van der Waals surface area contributed by atoms with Gasteiger partial charge in [0, 0.05) is 50.5 Å². The van der Waals surface area contributed by atoms with Gasteiger partial charge in [0.1, 0.15) is 5.69 Å². The first-order chi connectivity index (χ1) is 12.3. The van der Waals surface area contributed by atoms with Gasteiger partial charge in [0.25, 0.3) is 5.91 Å². The van der Waals surface area contributed by atoms with Crippen molar-refractivity contribution in [3.8, 4) is 0 Å². The van der Waals surface area contributed by atoms with E-state index in [0.29, 0.717) is 17.8 Å². The van der Waals surface area contributed by atoms with Crippen molar-refractivity contribution in [2.45, 2.75) is 37.4 Å². The average molecular weight is 357 g/mol. The lowest BCUT2D eigenvalue weighted by atomic mass is 9.95. The number of amides is 1. The van der Waals surface area contributed by atoms with E-state index < -0.39 is 0 Å². The van der Waals surface area contributed by atoms with Gasteiger partial charge in [-0.25, -0.2) is 4.98 Å². The number of piperazine rings is 1. The monoisotopic (exact) mass is 357 g/mol. The fraction of sp³-hybridized carbons (Fsp3) is 0.556. The van der Waals surface area contributed by atoms with Crippen molar-refractivity contribution in [1.82, 2.24) is 20.9 Å². The molecule has 0 aromatic carbocycles. The number of carbonyl (C=O) groups is 1. The van der Waals surface area contributed by atoms with Crippen molar-refractivity contribution in [1.29, 1.82) is 0 Å². The van der Waals surface area contributed by atoms with Crippen molar-refractivity contribution in [3.05, 3.63) is 24.0 Å². The molecule has 0 aliphatic carbocycles. The molecule has 0 spiro atoms. The number of hydrogen-bond acceptors (Lipinski definition) is 6. The first-order valence-electron chi connectivity index (χ1n) is 9.18. The molecule has 5 heterocycles. The Balaban J connectivity index is 1.34. The molecule has 3 saturated heterocycles. The first kappa shape index (κ1) is 15.5. The van der Waals surface area contributed by atoms with Gasteiger partial charge in [0.2, 0.25) is 0 Å². The molecule has 3 fully saturated rings. The zero-order valence-electron chi connectivity index (χ0n) is 14.1. The molecule has 2 aromatic rings. The molecule has 2 bridgehead atoms. The van der Waals surface area contributed by atoms with Crippen molar-refractivity contribution in [2.24, 2.45) is 0 Å². The van der Waals surface area contributed by atoms with E-state index in [1.54, 1.807) is 11.3 Å². The van der Waals surface area contributed by atoms with Crippen LogP contribution in [0.5, 0.6) is 0 Å². The maximum absolute atomic E-state index is 12.6. The zero-order chi connectivity index (χ0) is 16.8. The summed E-state index contributed by atoms with van der Waals surface area (Å²) in [5.41, 5.74) is 0.528. The van der Waals surface area contributed by atoms with Crippen LogP contribution in [0.15, 0.2) is 18.3 Å². The maximum atomic E-state index is 12.6. The van der Waals surface area contributed by atoms with E-state index in [9.17, 15) is 4.79 Å². The van der Waals surface area contributed by atoms with Gasteiger partial charge in [-0.15, -0.1) is 11.3 Å². The average Bonchev–Trinajstić information content (AvgIpc) is 3.36. The van der Waals surface area contributed by atoms with E-state index >= 15 is 0 Å². The van der Waals surface area contributed by atoms with Crippen LogP contribution in [0.1, 0.15) is 29.8 Å². The number of carbonyl (C=O) groups excluding carboxylic acids is 1. The molecule has 0 radical (unpaired) electrons. The van der Waals surface area contributed by atoms with Crippen LogP contribution in [0, 0.1) is 0 Å². The molecule has 5 rings (SSSR count). The molecule has 6 nitrogen and oxygen atoms in total. The van der Waals surface area contributed by atoms with E-state index in [0.717, 1.165) is 42.7 Å². The van der Waals surface area contributed by atoms with E-state index in [-0.39, 0.29) is 11.9 Å². The highest BCUT2D eigenvalue weighted by atomic mass is 32.1. The van der Waals surface area contributed by atoms with E-state index in [2.05, 4.69) is 31.9 Å². The van der Waals surface area contributed by atoms with Crippen LogP contribution >= 0.6 is 11.3 Å². The number of nitrogens with one attached hydrogen (secondary N) is 3. The number of rotatable bonds is 3. The third-order valence-electron chi connectivity index (χ3n) is 5.67. The summed E-state index contributed by atoms with van der Waals surface area (Å²) in [5, 5.41) is 12.5. The van der Waals surface area contributed by atoms with Crippen LogP contribution in [0.4, 0.5) is 5.00 Å². The number of thiophene rings is 1. The third kappa shape index (κ3) is 2.90. The fourth-order valence-electron chi connectivity index (χ4n) is 4.32. The lowest BCUT2D eigenvalue weighted by molar-refractivity contribution is 0.0926. The Hall–Kier alpha value is -1.70. The van der Waals surface area contributed by atoms with Crippen LogP contribution in [-0.4, -0.2) is 55.2 Å². The van der Waals surface area contributed by atoms with Gasteiger partial charge in [0.15, 0.2) is 0 Å². The highest BCUT2D eigenvalue weighted by Crippen LogP contribution is 2.33. The first-order valence-corrected chi connectivity index (χ1v) is 10.00. The minimum Gasteiger partial charge on any atom is -0.361 e. The predicted octanol–water partition coefficient (Wildman–Crippen LogP) is 1.33. The van der Waals surface area contributed by atoms with Gasteiger partial charge in [0.05, 0.1) is 9.70 Å². The van der Waals surface area contributed by atoms with Gasteiger partial charge in [-0.1, -0.05) is 0 Å². The van der Waals surface area contributed by atoms with E-state index in [1.165, 1.54) is 17.8 Å². The summed E-state index contributed by atoms with van der Waals surface area (Å²) in [5.74, 6) is -0.0452. The Kier molecular flexibility index (Phi) is 3.87. The lowest BCUT2D eigenvalue weighted by Gasteiger charge is -2.27. The Bertz CT molecular complexity index is 800. The smallest absolute Gasteiger partial charge is 0.270 e. The summed E-state index contributed by atoms with van der Waals surface area (Å²) in [6.45, 7) is 4.12. The largest absolute Gasteiger partial charge is 0.361 e. The van der Waals surface area contributed by atoms with Crippen molar-refractivity contribution < 1.29 is 4.79 Å². The standard InChI is InChI=1S/C18H23N5OS/c24-18(22-14-9-12-1-2-13(14)21-12)15-7-11-8-17(25-16(11)10-20-15)23-5-3-19-4-6-23/h7-8,10,12-14,19,21H,1-6,9H2,(H,22,24)/t12-,13+,14-/m1/s1. The molecule has 25 heavy (non-hydrogen) atoms. The van der Waals surface area contributed by atoms with Crippen molar-refractivity contribution in [2.75, 3.05) is 31.1 Å². The minimum absolute atomic E-state index is 0.0452. The fourth-order valence-corrected chi connectivity index (χ4v) is 5.39. The summed E-state index contributed by atoms with van der Waals surface area (Å²) in [6, 6.07) is 5.42. The number of pyridine rings is 1. The summed E-state index contributed by atoms with van der Waals surface area (Å²) in [7, 11) is 0. The number of hydrogen-bond donors (Lipinski definition) is 3. The maximum Gasteiger partial charge on any atom is 0.270 e. The summed E-state index contributed by atoms with van der Waals surface area (Å²) < 4.78 is 1.15. The van der Waals surface area contributed by atoms with E-state index in [4.69, 9.17) is 0 Å².